The summed E-state index contributed by atoms with van der Waals surface area (Å²) in [6.45, 7) is 0. The zero-order chi connectivity index (χ0) is 26.9. The smallest absolute Gasteiger partial charge is 0.0708 e. The molecule has 2 heterocycles. The minimum atomic E-state index is 1.02. The summed E-state index contributed by atoms with van der Waals surface area (Å²) in [5.41, 5.74) is 6.08. The minimum absolute atomic E-state index is 1.02. The second-order valence-electron chi connectivity index (χ2n) is 10.7. The minimum Gasteiger partial charge on any atom is -0.256 e. The van der Waals surface area contributed by atoms with Gasteiger partial charge in [-0.05, 0) is 44.8 Å². The predicted octanol–water partition coefficient (Wildman–Crippen LogP) is 11.4. The monoisotopic (exact) mass is 537 g/mol. The quantitative estimate of drug-likeness (QED) is 0.158. The van der Waals surface area contributed by atoms with Crippen molar-refractivity contribution in [3.63, 3.8) is 0 Å². The van der Waals surface area contributed by atoms with Crippen LogP contribution in [0.4, 0.5) is 0 Å². The summed E-state index contributed by atoms with van der Waals surface area (Å²) in [6, 6.07) is 48.5. The van der Waals surface area contributed by atoms with Gasteiger partial charge in [0.15, 0.2) is 0 Å². The summed E-state index contributed by atoms with van der Waals surface area (Å²) in [5, 5.41) is 11.3. The molecule has 0 unspecified atom stereocenters. The number of benzene rings is 7. The lowest BCUT2D eigenvalue weighted by molar-refractivity contribution is 1.45. The number of aromatic nitrogens is 1. The highest BCUT2D eigenvalue weighted by atomic mass is 32.1. The van der Waals surface area contributed by atoms with E-state index in [2.05, 4.69) is 140 Å². The maximum absolute atomic E-state index is 5.03. The van der Waals surface area contributed by atoms with Crippen LogP contribution < -0.4 is 0 Å². The molecule has 1 nitrogen and oxygen atoms in total. The standard InChI is InChI=1S/C39H23NS/c1-2-13-25-24(11-1)12-9-18-27(25)37-29-16-4-3-15-28(29)36(33-23-40-34-21-7-5-17-31(34)38(33)37)32-20-10-19-30-26-14-6-8-22-35(26)41-39(30)32/h1-23H. The molecule has 0 amide bonds. The van der Waals surface area contributed by atoms with Gasteiger partial charge in [0.2, 0.25) is 0 Å². The second kappa shape index (κ2) is 8.72. The van der Waals surface area contributed by atoms with Gasteiger partial charge in [0.25, 0.3) is 0 Å². The molecule has 0 aliphatic carbocycles. The highest BCUT2D eigenvalue weighted by molar-refractivity contribution is 7.26. The molecule has 9 aromatic rings. The Bertz CT molecular complexity index is 2480. The summed E-state index contributed by atoms with van der Waals surface area (Å²) in [6.07, 6.45) is 2.11. The number of rotatable bonds is 2. The van der Waals surface area contributed by atoms with Gasteiger partial charge in [-0.2, -0.15) is 0 Å². The predicted molar refractivity (Wildman–Crippen MR) is 178 cm³/mol. The van der Waals surface area contributed by atoms with Crippen molar-refractivity contribution in [3.05, 3.63) is 140 Å². The van der Waals surface area contributed by atoms with Gasteiger partial charge in [0.05, 0.1) is 5.52 Å². The average Bonchev–Trinajstić information content (AvgIpc) is 3.42. The number of hydrogen-bond donors (Lipinski definition) is 0. The van der Waals surface area contributed by atoms with Crippen LogP contribution in [-0.2, 0) is 0 Å². The molecule has 190 valence electrons. The highest BCUT2D eigenvalue weighted by Crippen LogP contribution is 2.49. The maximum Gasteiger partial charge on any atom is 0.0708 e. The van der Waals surface area contributed by atoms with E-state index >= 15 is 0 Å². The molecule has 0 bridgehead atoms. The van der Waals surface area contributed by atoms with Gasteiger partial charge in [-0.1, -0.05) is 121 Å². The van der Waals surface area contributed by atoms with Crippen molar-refractivity contribution in [2.45, 2.75) is 0 Å². The Kier molecular flexibility index (Phi) is 4.84. The number of hydrogen-bond acceptors (Lipinski definition) is 2. The fourth-order valence-corrected chi connectivity index (χ4v) is 7.98. The number of para-hydroxylation sites is 1. The molecule has 0 atom stereocenters. The van der Waals surface area contributed by atoms with Crippen molar-refractivity contribution in [2.24, 2.45) is 0 Å². The molecule has 7 aromatic carbocycles. The first-order valence-corrected chi connectivity index (χ1v) is 14.8. The maximum atomic E-state index is 5.03. The first-order valence-electron chi connectivity index (χ1n) is 14.0. The van der Waals surface area contributed by atoms with E-state index in [0.717, 1.165) is 5.52 Å². The van der Waals surface area contributed by atoms with Crippen LogP contribution in [0.3, 0.4) is 0 Å². The van der Waals surface area contributed by atoms with Crippen molar-refractivity contribution >= 4 is 74.7 Å². The molecular formula is C39H23NS. The summed E-state index contributed by atoms with van der Waals surface area (Å²) < 4.78 is 2.64. The van der Waals surface area contributed by atoms with Gasteiger partial charge in [-0.25, -0.2) is 0 Å². The molecule has 9 rings (SSSR count). The molecule has 0 aliphatic rings. The van der Waals surface area contributed by atoms with E-state index in [9.17, 15) is 0 Å². The van der Waals surface area contributed by atoms with Crippen LogP contribution in [0.1, 0.15) is 0 Å². The summed E-state index contributed by atoms with van der Waals surface area (Å²) in [4.78, 5) is 5.03. The summed E-state index contributed by atoms with van der Waals surface area (Å²) in [5.74, 6) is 0. The highest BCUT2D eigenvalue weighted by Gasteiger charge is 2.22. The molecule has 0 saturated carbocycles. The number of pyridine rings is 1. The molecule has 0 fully saturated rings. The van der Waals surface area contributed by atoms with Gasteiger partial charge in [0.1, 0.15) is 0 Å². The van der Waals surface area contributed by atoms with Gasteiger partial charge >= 0.3 is 0 Å². The Labute approximate surface area is 240 Å². The van der Waals surface area contributed by atoms with E-state index in [1.54, 1.807) is 0 Å². The number of thiophene rings is 1. The van der Waals surface area contributed by atoms with Crippen molar-refractivity contribution < 1.29 is 0 Å². The van der Waals surface area contributed by atoms with Crippen LogP contribution >= 0.6 is 11.3 Å². The van der Waals surface area contributed by atoms with Crippen molar-refractivity contribution in [2.75, 3.05) is 0 Å². The van der Waals surface area contributed by atoms with Crippen molar-refractivity contribution in [1.82, 2.24) is 4.98 Å². The van der Waals surface area contributed by atoms with E-state index in [1.807, 2.05) is 11.3 Å². The zero-order valence-electron chi connectivity index (χ0n) is 22.1. The lowest BCUT2D eigenvalue weighted by Crippen LogP contribution is -1.94. The van der Waals surface area contributed by atoms with E-state index in [0.29, 0.717) is 0 Å². The summed E-state index contributed by atoms with van der Waals surface area (Å²) in [7, 11) is 0. The fraction of sp³-hybridized carbons (Fsp3) is 0. The Morgan fingerprint density at radius 3 is 1.90 bits per heavy atom. The van der Waals surface area contributed by atoms with Crippen LogP contribution in [0.15, 0.2) is 140 Å². The molecule has 0 saturated heterocycles. The van der Waals surface area contributed by atoms with Crippen LogP contribution in [0.5, 0.6) is 0 Å². The molecule has 2 heteroatoms. The van der Waals surface area contributed by atoms with Crippen LogP contribution in [0.25, 0.3) is 85.6 Å². The molecule has 0 N–H and O–H groups in total. The Morgan fingerprint density at radius 1 is 0.415 bits per heavy atom. The molecule has 2 aromatic heterocycles. The lowest BCUT2D eigenvalue weighted by atomic mass is 9.84. The first kappa shape index (κ1) is 22.7. The molecule has 41 heavy (non-hydrogen) atoms. The van der Waals surface area contributed by atoms with Crippen LogP contribution in [0, 0.1) is 0 Å². The molecule has 0 spiro atoms. The average molecular weight is 538 g/mol. The van der Waals surface area contributed by atoms with Gasteiger partial charge in [-0.3, -0.25) is 4.98 Å². The fourth-order valence-electron chi connectivity index (χ4n) is 6.76. The van der Waals surface area contributed by atoms with Crippen molar-refractivity contribution in [3.8, 4) is 22.3 Å². The largest absolute Gasteiger partial charge is 0.256 e. The van der Waals surface area contributed by atoms with E-state index in [1.165, 1.54) is 80.1 Å². The SMILES string of the molecule is c1ccc2c(-c3c4ccccc4c(-c4cccc5c4sc4ccccc45)c4cnc5ccccc5c34)cccc2c1. The van der Waals surface area contributed by atoms with E-state index in [4.69, 9.17) is 4.98 Å². The number of nitrogens with zero attached hydrogens (tertiary/aromatic N) is 1. The lowest BCUT2D eigenvalue weighted by Gasteiger charge is -2.20. The second-order valence-corrected chi connectivity index (χ2v) is 11.7. The molecular weight excluding hydrogens is 515 g/mol. The van der Waals surface area contributed by atoms with Gasteiger partial charge < -0.3 is 0 Å². The third-order valence-corrected chi connectivity index (χ3v) is 9.71. The third-order valence-electron chi connectivity index (χ3n) is 8.49. The van der Waals surface area contributed by atoms with Crippen LogP contribution in [-0.4, -0.2) is 4.98 Å². The topological polar surface area (TPSA) is 12.9 Å². The Hall–Kier alpha value is -5.05. The zero-order valence-corrected chi connectivity index (χ0v) is 23.0. The van der Waals surface area contributed by atoms with Gasteiger partial charge in [-0.15, -0.1) is 11.3 Å². The summed E-state index contributed by atoms with van der Waals surface area (Å²) >= 11 is 1.89. The van der Waals surface area contributed by atoms with Gasteiger partial charge in [0, 0.05) is 53.7 Å². The van der Waals surface area contributed by atoms with Crippen LogP contribution in [0.2, 0.25) is 0 Å². The van der Waals surface area contributed by atoms with E-state index in [-0.39, 0.29) is 0 Å². The Balaban J connectivity index is 1.54. The van der Waals surface area contributed by atoms with Crippen molar-refractivity contribution in [1.29, 1.82) is 0 Å². The van der Waals surface area contributed by atoms with E-state index < -0.39 is 0 Å². The first-order chi connectivity index (χ1) is 20.4. The molecule has 0 radical (unpaired) electrons. The third kappa shape index (κ3) is 3.26. The Morgan fingerprint density at radius 2 is 1.02 bits per heavy atom. The molecule has 0 aliphatic heterocycles. The normalized spacial score (nSPS) is 11.9. The number of fused-ring (bicyclic) bond motifs is 8.